The van der Waals surface area contributed by atoms with E-state index in [-0.39, 0.29) is 5.75 Å². The topological polar surface area (TPSA) is 43.4 Å². The molecule has 4 heteroatoms. The number of benzene rings is 1. The summed E-state index contributed by atoms with van der Waals surface area (Å²) in [7, 11) is -2.02. The number of aryl methyl sites for hydroxylation is 1. The van der Waals surface area contributed by atoms with Crippen molar-refractivity contribution in [2.75, 3.05) is 12.9 Å². The van der Waals surface area contributed by atoms with Gasteiger partial charge in [-0.15, -0.1) is 0 Å². The molecule has 0 aliphatic heterocycles. The summed E-state index contributed by atoms with van der Waals surface area (Å²) in [6.07, 6.45) is 13.1. The molecule has 3 nitrogen and oxygen atoms in total. The molecular formula is C19H32O3S. The SMILES string of the molecule is COS(=O)(=O)CCCCCCCCCCCCc1ccccc1. The minimum atomic E-state index is -3.25. The minimum absolute atomic E-state index is 0.158. The first-order valence-corrected chi connectivity index (χ1v) is 10.5. The van der Waals surface area contributed by atoms with Crippen molar-refractivity contribution < 1.29 is 12.6 Å². The molecule has 1 rings (SSSR count). The summed E-state index contributed by atoms with van der Waals surface area (Å²) in [6, 6.07) is 10.7. The average Bonchev–Trinajstić information content (AvgIpc) is 2.57. The molecule has 0 aromatic heterocycles. The first kappa shape index (κ1) is 20.2. The highest BCUT2D eigenvalue weighted by atomic mass is 32.2. The Morgan fingerprint density at radius 2 is 1.22 bits per heavy atom. The summed E-state index contributed by atoms with van der Waals surface area (Å²) in [5.41, 5.74) is 1.45. The lowest BCUT2D eigenvalue weighted by Crippen LogP contribution is -2.07. The van der Waals surface area contributed by atoms with Crippen molar-refractivity contribution in [3.8, 4) is 0 Å². The van der Waals surface area contributed by atoms with Crippen LogP contribution in [0.1, 0.15) is 69.8 Å². The molecule has 0 aliphatic carbocycles. The van der Waals surface area contributed by atoms with Gasteiger partial charge in [-0.05, 0) is 24.8 Å². The first-order valence-electron chi connectivity index (χ1n) is 8.96. The van der Waals surface area contributed by atoms with Gasteiger partial charge in [0.15, 0.2) is 0 Å². The molecule has 0 unspecified atom stereocenters. The first-order chi connectivity index (χ1) is 11.1. The van der Waals surface area contributed by atoms with Crippen molar-refractivity contribution in [1.29, 1.82) is 0 Å². The molecule has 0 N–H and O–H groups in total. The number of rotatable bonds is 14. The third-order valence-electron chi connectivity index (χ3n) is 4.21. The van der Waals surface area contributed by atoms with Crippen LogP contribution in [0.2, 0.25) is 0 Å². The fraction of sp³-hybridized carbons (Fsp3) is 0.684. The van der Waals surface area contributed by atoms with Gasteiger partial charge in [0, 0.05) is 0 Å². The number of unbranched alkanes of at least 4 members (excludes halogenated alkanes) is 9. The van der Waals surface area contributed by atoms with Crippen LogP contribution in [0.5, 0.6) is 0 Å². The Morgan fingerprint density at radius 1 is 0.739 bits per heavy atom. The standard InChI is InChI=1S/C19H32O3S/c1-22-23(20,21)18-14-9-7-5-3-2-4-6-8-11-15-19-16-12-10-13-17-19/h10,12-13,16-17H,2-9,11,14-15,18H2,1H3. The minimum Gasteiger partial charge on any atom is -0.273 e. The lowest BCUT2D eigenvalue weighted by molar-refractivity contribution is 0.396. The Balaban J connectivity index is 1.81. The molecule has 0 heterocycles. The summed E-state index contributed by atoms with van der Waals surface area (Å²) in [4.78, 5) is 0. The Bertz CT molecular complexity index is 483. The van der Waals surface area contributed by atoms with Crippen molar-refractivity contribution in [3.05, 3.63) is 35.9 Å². The number of hydrogen-bond acceptors (Lipinski definition) is 3. The van der Waals surface area contributed by atoms with Gasteiger partial charge in [0.25, 0.3) is 10.1 Å². The zero-order valence-corrected chi connectivity index (χ0v) is 15.3. The average molecular weight is 341 g/mol. The van der Waals surface area contributed by atoms with E-state index in [0.717, 1.165) is 19.3 Å². The van der Waals surface area contributed by atoms with Crippen LogP contribution < -0.4 is 0 Å². The van der Waals surface area contributed by atoms with Crippen molar-refractivity contribution in [3.63, 3.8) is 0 Å². The maximum Gasteiger partial charge on any atom is 0.267 e. The van der Waals surface area contributed by atoms with Crippen molar-refractivity contribution in [2.24, 2.45) is 0 Å². The van der Waals surface area contributed by atoms with Crippen molar-refractivity contribution in [2.45, 2.75) is 70.6 Å². The van der Waals surface area contributed by atoms with Gasteiger partial charge in [-0.25, -0.2) is 0 Å². The molecule has 0 spiro atoms. The largest absolute Gasteiger partial charge is 0.273 e. The molecular weight excluding hydrogens is 308 g/mol. The maximum absolute atomic E-state index is 11.1. The van der Waals surface area contributed by atoms with Gasteiger partial charge in [0.05, 0.1) is 12.9 Å². The van der Waals surface area contributed by atoms with Gasteiger partial charge in [0.2, 0.25) is 0 Å². The van der Waals surface area contributed by atoms with E-state index in [1.807, 2.05) is 0 Å². The summed E-state index contributed by atoms with van der Waals surface area (Å²) >= 11 is 0. The highest BCUT2D eigenvalue weighted by Gasteiger charge is 2.06. The van der Waals surface area contributed by atoms with E-state index in [2.05, 4.69) is 34.5 Å². The third-order valence-corrected chi connectivity index (χ3v) is 5.50. The van der Waals surface area contributed by atoms with Gasteiger partial charge >= 0.3 is 0 Å². The highest BCUT2D eigenvalue weighted by Crippen LogP contribution is 2.12. The maximum atomic E-state index is 11.1. The van der Waals surface area contributed by atoms with Gasteiger partial charge in [-0.3, -0.25) is 4.18 Å². The zero-order valence-electron chi connectivity index (χ0n) is 14.5. The van der Waals surface area contributed by atoms with E-state index >= 15 is 0 Å². The second-order valence-corrected chi connectivity index (χ2v) is 8.06. The van der Waals surface area contributed by atoms with Gasteiger partial charge in [-0.2, -0.15) is 8.42 Å². The second kappa shape index (κ2) is 12.5. The molecule has 1 aromatic carbocycles. The van der Waals surface area contributed by atoms with Crippen LogP contribution in [0.15, 0.2) is 30.3 Å². The Morgan fingerprint density at radius 3 is 1.74 bits per heavy atom. The van der Waals surface area contributed by atoms with E-state index < -0.39 is 10.1 Å². The van der Waals surface area contributed by atoms with E-state index in [0.29, 0.717) is 0 Å². The van der Waals surface area contributed by atoms with Gasteiger partial charge in [-0.1, -0.05) is 81.7 Å². The van der Waals surface area contributed by atoms with Crippen LogP contribution in [0.25, 0.3) is 0 Å². The molecule has 1 aromatic rings. The van der Waals surface area contributed by atoms with E-state index in [1.165, 1.54) is 64.0 Å². The normalized spacial score (nSPS) is 11.7. The molecule has 0 saturated carbocycles. The summed E-state index contributed by atoms with van der Waals surface area (Å²) < 4.78 is 26.7. The van der Waals surface area contributed by atoms with Crippen LogP contribution in [0, 0.1) is 0 Å². The summed E-state index contributed by atoms with van der Waals surface area (Å²) in [6.45, 7) is 0. The van der Waals surface area contributed by atoms with Crippen LogP contribution in [0.3, 0.4) is 0 Å². The molecule has 23 heavy (non-hydrogen) atoms. The molecule has 0 amide bonds. The summed E-state index contributed by atoms with van der Waals surface area (Å²) in [5, 5.41) is 0. The third kappa shape index (κ3) is 11.3. The Labute approximate surface area is 142 Å². The Kier molecular flexibility index (Phi) is 11.0. The molecule has 132 valence electrons. The molecule has 0 saturated heterocycles. The monoisotopic (exact) mass is 340 g/mol. The van der Waals surface area contributed by atoms with Gasteiger partial charge < -0.3 is 0 Å². The quantitative estimate of drug-likeness (QED) is 0.349. The lowest BCUT2D eigenvalue weighted by atomic mass is 10.0. The number of hydrogen-bond donors (Lipinski definition) is 0. The fourth-order valence-electron chi connectivity index (χ4n) is 2.75. The molecule has 0 atom stereocenters. The van der Waals surface area contributed by atoms with Crippen molar-refractivity contribution in [1.82, 2.24) is 0 Å². The van der Waals surface area contributed by atoms with Gasteiger partial charge in [0.1, 0.15) is 0 Å². The van der Waals surface area contributed by atoms with Crippen molar-refractivity contribution >= 4 is 10.1 Å². The van der Waals surface area contributed by atoms with E-state index in [9.17, 15) is 8.42 Å². The van der Waals surface area contributed by atoms with E-state index in [4.69, 9.17) is 0 Å². The van der Waals surface area contributed by atoms with E-state index in [1.54, 1.807) is 0 Å². The highest BCUT2D eigenvalue weighted by molar-refractivity contribution is 7.86. The second-order valence-electron chi connectivity index (χ2n) is 6.20. The smallest absolute Gasteiger partial charge is 0.267 e. The Hall–Kier alpha value is -0.870. The predicted octanol–water partition coefficient (Wildman–Crippen LogP) is 5.11. The predicted molar refractivity (Wildman–Crippen MR) is 97.1 cm³/mol. The fourth-order valence-corrected chi connectivity index (χ4v) is 3.47. The van der Waals surface area contributed by atoms with Crippen LogP contribution >= 0.6 is 0 Å². The molecule has 0 aliphatic rings. The molecule has 0 radical (unpaired) electrons. The zero-order chi connectivity index (χ0) is 16.8. The van der Waals surface area contributed by atoms with Crippen LogP contribution in [0.4, 0.5) is 0 Å². The molecule has 0 bridgehead atoms. The van der Waals surface area contributed by atoms with Crippen LogP contribution in [-0.2, 0) is 20.7 Å². The molecule has 0 fully saturated rings. The van der Waals surface area contributed by atoms with Crippen LogP contribution in [-0.4, -0.2) is 21.3 Å². The summed E-state index contributed by atoms with van der Waals surface area (Å²) in [5.74, 6) is 0.158. The lowest BCUT2D eigenvalue weighted by Gasteiger charge is -2.04.